The third kappa shape index (κ3) is 5.84. The molecule has 0 saturated heterocycles. The summed E-state index contributed by atoms with van der Waals surface area (Å²) in [5, 5.41) is 10.4. The van der Waals surface area contributed by atoms with Gasteiger partial charge in [-0.3, -0.25) is 9.89 Å². The average Bonchev–Trinajstić information content (AvgIpc) is 3.16. The van der Waals surface area contributed by atoms with E-state index in [1.54, 1.807) is 36.4 Å². The molecule has 0 atom stereocenters. The van der Waals surface area contributed by atoms with Crippen molar-refractivity contribution >= 4 is 46.7 Å². The molecule has 1 amide bonds. The summed E-state index contributed by atoms with van der Waals surface area (Å²) >= 11 is 7.52. The van der Waals surface area contributed by atoms with Gasteiger partial charge in [-0.25, -0.2) is 4.98 Å². The highest BCUT2D eigenvalue weighted by Crippen LogP contribution is 2.32. The summed E-state index contributed by atoms with van der Waals surface area (Å²) in [7, 11) is 1.53. The second kappa shape index (κ2) is 9.95. The zero-order valence-electron chi connectivity index (χ0n) is 15.0. The smallest absolute Gasteiger partial charge is 0.288 e. The predicted molar refractivity (Wildman–Crippen MR) is 111 cm³/mol. The molecule has 1 aromatic heterocycles. The molecule has 2 aromatic carbocycles. The molecule has 0 radical (unpaired) electrons. The fourth-order valence-corrected chi connectivity index (χ4v) is 3.75. The van der Waals surface area contributed by atoms with Crippen molar-refractivity contribution in [3.8, 4) is 17.1 Å². The number of methoxy groups -OCH3 is 1. The summed E-state index contributed by atoms with van der Waals surface area (Å²) in [5.74, 6) is -1.89. The number of carbonyl (C=O) groups is 1. The Labute approximate surface area is 178 Å². The summed E-state index contributed by atoms with van der Waals surface area (Å²) in [6, 6.07) is 11.5. The highest BCUT2D eigenvalue weighted by atomic mass is 35.5. The monoisotopic (exact) mass is 456 g/mol. The van der Waals surface area contributed by atoms with Crippen LogP contribution in [-0.2, 0) is 4.79 Å². The number of nitrogens with one attached hydrogen (secondary N) is 2. The van der Waals surface area contributed by atoms with Crippen molar-refractivity contribution in [3.05, 3.63) is 47.5 Å². The van der Waals surface area contributed by atoms with Crippen LogP contribution < -0.4 is 10.1 Å². The summed E-state index contributed by atoms with van der Waals surface area (Å²) < 4.78 is 30.6. The molecule has 0 unspecified atom stereocenters. The maximum atomic E-state index is 12.6. The molecule has 0 bridgehead atoms. The Hall–Kier alpha value is -2.30. The lowest BCUT2D eigenvalue weighted by Crippen LogP contribution is -2.14. The van der Waals surface area contributed by atoms with E-state index in [0.29, 0.717) is 49.7 Å². The molecule has 0 spiro atoms. The largest absolute Gasteiger partial charge is 0.496 e. The van der Waals surface area contributed by atoms with Gasteiger partial charge in [0.1, 0.15) is 5.75 Å². The summed E-state index contributed by atoms with van der Waals surface area (Å²) in [6.45, 7) is 0. The maximum Gasteiger partial charge on any atom is 0.288 e. The summed E-state index contributed by atoms with van der Waals surface area (Å²) in [4.78, 5) is 16.9. The molecule has 6 nitrogen and oxygen atoms in total. The van der Waals surface area contributed by atoms with Crippen LogP contribution in [0.4, 0.5) is 14.5 Å². The number of aromatic amines is 1. The molecule has 0 aliphatic rings. The minimum absolute atomic E-state index is 0.0116. The number of nitrogens with zero attached hydrogens (tertiary/aromatic N) is 2. The van der Waals surface area contributed by atoms with Crippen LogP contribution in [0.1, 0.15) is 0 Å². The van der Waals surface area contributed by atoms with Crippen LogP contribution in [0.2, 0.25) is 5.02 Å². The Morgan fingerprint density at radius 1 is 1.31 bits per heavy atom. The van der Waals surface area contributed by atoms with Gasteiger partial charge < -0.3 is 10.1 Å². The van der Waals surface area contributed by atoms with E-state index in [1.165, 1.54) is 13.2 Å². The van der Waals surface area contributed by atoms with E-state index >= 15 is 0 Å². The second-order valence-electron chi connectivity index (χ2n) is 5.52. The molecular weight excluding hydrogens is 442 g/mol. The number of hydrogen-bond donors (Lipinski definition) is 2. The third-order valence-corrected chi connectivity index (χ3v) is 5.46. The van der Waals surface area contributed by atoms with E-state index in [-0.39, 0.29) is 11.7 Å². The zero-order chi connectivity index (χ0) is 20.8. The highest BCUT2D eigenvalue weighted by Gasteiger charge is 2.15. The van der Waals surface area contributed by atoms with Gasteiger partial charge in [0, 0.05) is 9.92 Å². The predicted octanol–water partition coefficient (Wildman–Crippen LogP) is 5.18. The van der Waals surface area contributed by atoms with Gasteiger partial charge in [-0.1, -0.05) is 47.3 Å². The first-order chi connectivity index (χ1) is 14.0. The van der Waals surface area contributed by atoms with Crippen LogP contribution in [0.5, 0.6) is 5.75 Å². The van der Waals surface area contributed by atoms with Crippen molar-refractivity contribution < 1.29 is 18.3 Å². The first-order valence-electron chi connectivity index (χ1n) is 8.19. The van der Waals surface area contributed by atoms with Crippen LogP contribution in [-0.4, -0.2) is 39.7 Å². The Morgan fingerprint density at radius 2 is 2.10 bits per heavy atom. The molecule has 0 aliphatic heterocycles. The van der Waals surface area contributed by atoms with E-state index in [0.717, 1.165) is 11.8 Å². The lowest BCUT2D eigenvalue weighted by atomic mass is 10.2. The maximum absolute atomic E-state index is 12.6. The van der Waals surface area contributed by atoms with Gasteiger partial charge in [0.25, 0.3) is 5.76 Å². The topological polar surface area (TPSA) is 79.9 Å². The lowest BCUT2D eigenvalue weighted by molar-refractivity contribution is -0.113. The van der Waals surface area contributed by atoms with E-state index in [1.807, 2.05) is 0 Å². The van der Waals surface area contributed by atoms with Gasteiger partial charge in [-0.2, -0.15) is 8.78 Å². The number of thioether (sulfide) groups is 2. The quantitative estimate of drug-likeness (QED) is 0.455. The molecule has 0 fully saturated rings. The molecular formula is C18H15ClF2N4O2S2. The normalized spacial score (nSPS) is 10.9. The van der Waals surface area contributed by atoms with Gasteiger partial charge in [-0.15, -0.1) is 5.10 Å². The van der Waals surface area contributed by atoms with Gasteiger partial charge >= 0.3 is 0 Å². The molecule has 0 aliphatic carbocycles. The second-order valence-corrected chi connectivity index (χ2v) is 7.93. The minimum Gasteiger partial charge on any atom is -0.496 e. The van der Waals surface area contributed by atoms with E-state index < -0.39 is 5.76 Å². The number of amides is 1. The first-order valence-corrected chi connectivity index (χ1v) is 10.4. The summed E-state index contributed by atoms with van der Waals surface area (Å²) in [6.07, 6.45) is 0. The van der Waals surface area contributed by atoms with Gasteiger partial charge in [0.15, 0.2) is 5.82 Å². The number of para-hydroxylation sites is 1. The molecule has 2 N–H and O–H groups in total. The zero-order valence-corrected chi connectivity index (χ0v) is 17.4. The van der Waals surface area contributed by atoms with Crippen molar-refractivity contribution in [2.24, 2.45) is 0 Å². The average molecular weight is 457 g/mol. The molecule has 0 saturated carbocycles. The van der Waals surface area contributed by atoms with E-state index in [2.05, 4.69) is 20.5 Å². The standard InChI is InChI=1S/C18H15ClF2N4O2S2/c1-27-13-7-6-10(19)8-11(13)16-23-18(25-24-16)28-9-15(26)22-12-4-2-3-5-14(12)29-17(20)21/h2-8,17H,9H2,1H3,(H,22,26)(H,23,24,25). The van der Waals surface area contributed by atoms with Crippen molar-refractivity contribution in [1.82, 2.24) is 15.2 Å². The van der Waals surface area contributed by atoms with Crippen molar-refractivity contribution in [1.29, 1.82) is 0 Å². The molecule has 152 valence electrons. The number of ether oxygens (including phenoxy) is 1. The van der Waals surface area contributed by atoms with Gasteiger partial charge in [-0.05, 0) is 30.3 Å². The number of halogens is 3. The van der Waals surface area contributed by atoms with Crippen LogP contribution in [0.25, 0.3) is 11.4 Å². The Kier molecular flexibility index (Phi) is 7.34. The van der Waals surface area contributed by atoms with Crippen LogP contribution in [0.3, 0.4) is 0 Å². The lowest BCUT2D eigenvalue weighted by Gasteiger charge is -2.09. The Balaban J connectivity index is 1.63. The molecule has 3 rings (SSSR count). The summed E-state index contributed by atoms with van der Waals surface area (Å²) in [5.41, 5.74) is 0.976. The van der Waals surface area contributed by atoms with Gasteiger partial charge in [0.2, 0.25) is 11.1 Å². The van der Waals surface area contributed by atoms with Crippen LogP contribution in [0, 0.1) is 0 Å². The van der Waals surface area contributed by atoms with Crippen molar-refractivity contribution in [2.75, 3.05) is 18.2 Å². The van der Waals surface area contributed by atoms with E-state index in [9.17, 15) is 13.6 Å². The third-order valence-electron chi connectivity index (χ3n) is 3.59. The molecule has 1 heterocycles. The number of carbonyl (C=O) groups excluding carboxylic acids is 1. The Bertz CT molecular complexity index is 1000. The van der Waals surface area contributed by atoms with Crippen molar-refractivity contribution in [3.63, 3.8) is 0 Å². The SMILES string of the molecule is COc1ccc(Cl)cc1-c1nc(SCC(=O)Nc2ccccc2SC(F)F)n[nH]1. The fraction of sp³-hybridized carbons (Fsp3) is 0.167. The number of aromatic nitrogens is 3. The molecule has 11 heteroatoms. The fourth-order valence-electron chi connectivity index (χ4n) is 2.38. The number of anilines is 1. The molecule has 3 aromatic rings. The van der Waals surface area contributed by atoms with Gasteiger partial charge in [0.05, 0.1) is 24.1 Å². The first kappa shape index (κ1) is 21.4. The number of hydrogen-bond acceptors (Lipinski definition) is 6. The Morgan fingerprint density at radius 3 is 2.86 bits per heavy atom. The van der Waals surface area contributed by atoms with Crippen molar-refractivity contribution in [2.45, 2.75) is 15.8 Å². The number of rotatable bonds is 8. The van der Waals surface area contributed by atoms with E-state index in [4.69, 9.17) is 16.3 Å². The number of H-pyrrole nitrogens is 1. The van der Waals surface area contributed by atoms with Crippen LogP contribution in [0.15, 0.2) is 52.5 Å². The van der Waals surface area contributed by atoms with Crippen LogP contribution >= 0.6 is 35.1 Å². The number of alkyl halides is 2. The minimum atomic E-state index is -2.57. The molecule has 29 heavy (non-hydrogen) atoms. The number of benzene rings is 2. The highest BCUT2D eigenvalue weighted by molar-refractivity contribution is 8.00.